The molecule has 0 bridgehead atoms. The van der Waals surface area contributed by atoms with E-state index in [9.17, 15) is 0 Å². The van der Waals surface area contributed by atoms with Crippen molar-refractivity contribution in [3.05, 3.63) is 188 Å². The molecule has 0 saturated carbocycles. The van der Waals surface area contributed by atoms with Crippen molar-refractivity contribution in [3.8, 4) is 56.4 Å². The molecule has 55 heavy (non-hydrogen) atoms. The number of hydrogen-bond donors (Lipinski definition) is 0. The van der Waals surface area contributed by atoms with E-state index in [-0.39, 0.29) is 0 Å². The second kappa shape index (κ2) is 12.8. The number of rotatable bonds is 5. The van der Waals surface area contributed by atoms with Gasteiger partial charge in [0.15, 0.2) is 17.5 Å². The summed E-state index contributed by atoms with van der Waals surface area (Å²) in [6.45, 7) is 0. The van der Waals surface area contributed by atoms with Gasteiger partial charge in [-0.15, -0.1) is 11.3 Å². The van der Waals surface area contributed by atoms with Crippen molar-refractivity contribution in [2.45, 2.75) is 0 Å². The van der Waals surface area contributed by atoms with Gasteiger partial charge in [0.2, 0.25) is 0 Å². The minimum atomic E-state index is 0.639. The van der Waals surface area contributed by atoms with Crippen LogP contribution >= 0.6 is 11.3 Å². The Kier molecular flexibility index (Phi) is 7.35. The van der Waals surface area contributed by atoms with E-state index in [1.807, 2.05) is 17.4 Å². The molecule has 0 amide bonds. The van der Waals surface area contributed by atoms with Gasteiger partial charge >= 0.3 is 0 Å². The topological polar surface area (TPSA) is 38.7 Å². The van der Waals surface area contributed by atoms with Gasteiger partial charge in [0.25, 0.3) is 0 Å². The van der Waals surface area contributed by atoms with Crippen molar-refractivity contribution in [1.29, 1.82) is 0 Å². The van der Waals surface area contributed by atoms with Crippen LogP contribution in [0.25, 0.3) is 109 Å². The second-order valence-electron chi connectivity index (χ2n) is 14.0. The molecule has 0 unspecified atom stereocenters. The van der Waals surface area contributed by atoms with Crippen LogP contribution in [0, 0.1) is 0 Å². The lowest BCUT2D eigenvalue weighted by atomic mass is 9.93. The Morgan fingerprint density at radius 3 is 1.36 bits per heavy atom. The van der Waals surface area contributed by atoms with Crippen LogP contribution in [-0.4, -0.2) is 15.0 Å². The fourth-order valence-corrected chi connectivity index (χ4v) is 9.14. The largest absolute Gasteiger partial charge is 0.208 e. The average Bonchev–Trinajstić information content (AvgIpc) is 3.65. The minimum absolute atomic E-state index is 0.639. The fraction of sp³-hybridized carbons (Fsp3) is 0. The van der Waals surface area contributed by atoms with Crippen molar-refractivity contribution < 1.29 is 0 Å². The molecule has 0 saturated heterocycles. The minimum Gasteiger partial charge on any atom is -0.208 e. The summed E-state index contributed by atoms with van der Waals surface area (Å²) in [4.78, 5) is 15.5. The summed E-state index contributed by atoms with van der Waals surface area (Å²) in [6.07, 6.45) is 0. The molecule has 11 aromatic rings. The number of fused-ring (bicyclic) bond motifs is 9. The van der Waals surface area contributed by atoms with Crippen LogP contribution in [0.2, 0.25) is 0 Å². The van der Waals surface area contributed by atoms with Crippen molar-refractivity contribution in [1.82, 2.24) is 15.0 Å². The maximum Gasteiger partial charge on any atom is 0.164 e. The van der Waals surface area contributed by atoms with E-state index in [1.54, 1.807) is 0 Å². The van der Waals surface area contributed by atoms with Crippen LogP contribution in [0.3, 0.4) is 0 Å². The van der Waals surface area contributed by atoms with Crippen LogP contribution in [0.5, 0.6) is 0 Å². The van der Waals surface area contributed by atoms with Gasteiger partial charge < -0.3 is 0 Å². The fourth-order valence-electron chi connectivity index (χ4n) is 8.00. The SMILES string of the molecule is c1ccc(-c2cccc(-c3nc(-c4ccc(-c5ccc6c(c5)sc5ccccc56)cc4)nc(-c4ccc5c6ccccc6c6ccccc6c5c4)n3)c2)cc1. The predicted octanol–water partition coefficient (Wildman–Crippen LogP) is 14.0. The van der Waals surface area contributed by atoms with Crippen molar-refractivity contribution in [2.24, 2.45) is 0 Å². The van der Waals surface area contributed by atoms with Gasteiger partial charge in [0, 0.05) is 36.9 Å². The highest BCUT2D eigenvalue weighted by Crippen LogP contribution is 2.39. The number of nitrogens with zero attached hydrogens (tertiary/aromatic N) is 3. The molecule has 0 fully saturated rings. The number of thiophene rings is 1. The molecule has 9 aromatic carbocycles. The summed E-state index contributed by atoms with van der Waals surface area (Å²) >= 11 is 1.84. The number of benzene rings is 9. The third kappa shape index (κ3) is 5.46. The van der Waals surface area contributed by atoms with Crippen molar-refractivity contribution in [2.75, 3.05) is 0 Å². The van der Waals surface area contributed by atoms with Gasteiger partial charge in [-0.3, -0.25) is 0 Å². The Balaban J connectivity index is 1.06. The molecule has 0 aliphatic rings. The van der Waals surface area contributed by atoms with Crippen LogP contribution in [0.15, 0.2) is 188 Å². The third-order valence-corrected chi connectivity index (χ3v) is 11.9. The summed E-state index contributed by atoms with van der Waals surface area (Å²) < 4.78 is 2.61. The Morgan fingerprint density at radius 2 is 0.655 bits per heavy atom. The van der Waals surface area contributed by atoms with E-state index < -0.39 is 0 Å². The van der Waals surface area contributed by atoms with Gasteiger partial charge in [0.05, 0.1) is 0 Å². The molecule has 0 spiro atoms. The van der Waals surface area contributed by atoms with Crippen LogP contribution in [0.1, 0.15) is 0 Å². The second-order valence-corrected chi connectivity index (χ2v) is 15.1. The molecule has 0 atom stereocenters. The maximum atomic E-state index is 5.18. The monoisotopic (exact) mass is 717 g/mol. The first kappa shape index (κ1) is 31.5. The van der Waals surface area contributed by atoms with Gasteiger partial charge in [-0.05, 0) is 78.8 Å². The Morgan fingerprint density at radius 1 is 0.236 bits per heavy atom. The quantitative estimate of drug-likeness (QED) is 0.166. The first-order chi connectivity index (χ1) is 27.2. The lowest BCUT2D eigenvalue weighted by molar-refractivity contribution is 1.07. The first-order valence-electron chi connectivity index (χ1n) is 18.5. The van der Waals surface area contributed by atoms with E-state index in [2.05, 4.69) is 182 Å². The first-order valence-corrected chi connectivity index (χ1v) is 19.3. The zero-order chi connectivity index (χ0) is 36.3. The third-order valence-electron chi connectivity index (χ3n) is 10.7. The van der Waals surface area contributed by atoms with Gasteiger partial charge in [0.1, 0.15) is 0 Å². The molecule has 2 aromatic heterocycles. The molecule has 4 heteroatoms. The highest BCUT2D eigenvalue weighted by atomic mass is 32.1. The van der Waals surface area contributed by atoms with Crippen molar-refractivity contribution >= 4 is 63.8 Å². The molecule has 0 aliphatic heterocycles. The highest BCUT2D eigenvalue weighted by molar-refractivity contribution is 7.25. The maximum absolute atomic E-state index is 5.18. The lowest BCUT2D eigenvalue weighted by Gasteiger charge is -2.13. The standard InChI is InChI=1S/C51H31N3S/c1-2-11-32(12-3-1)35-13-10-14-37(29-35)50-52-49(34-23-21-33(22-24-34)36-25-28-45-44-19-8-9-20-47(44)55-48(45)31-36)53-51(54-50)38-26-27-43-41-17-5-4-15-39(41)40-16-6-7-18-42(40)46(43)30-38/h1-31H. The van der Waals surface area contributed by atoms with E-state index in [1.165, 1.54) is 58.1 Å². The summed E-state index contributed by atoms with van der Waals surface area (Å²) in [5, 5.41) is 9.97. The van der Waals surface area contributed by atoms with Gasteiger partial charge in [-0.1, -0.05) is 164 Å². The van der Waals surface area contributed by atoms with Crippen molar-refractivity contribution in [3.63, 3.8) is 0 Å². The molecule has 2 heterocycles. The summed E-state index contributed by atoms with van der Waals surface area (Å²) in [5.74, 6) is 1.92. The van der Waals surface area contributed by atoms with Crippen LogP contribution in [-0.2, 0) is 0 Å². The Bertz CT molecular complexity index is 3220. The zero-order valence-corrected chi connectivity index (χ0v) is 30.5. The number of hydrogen-bond acceptors (Lipinski definition) is 4. The van der Waals surface area contributed by atoms with Crippen LogP contribution in [0.4, 0.5) is 0 Å². The zero-order valence-electron chi connectivity index (χ0n) is 29.6. The smallest absolute Gasteiger partial charge is 0.164 e. The summed E-state index contributed by atoms with van der Waals surface area (Å²) in [5.41, 5.74) is 7.44. The lowest BCUT2D eigenvalue weighted by Crippen LogP contribution is -2.00. The Labute approximate surface area is 321 Å². The molecule has 0 aliphatic carbocycles. The molecule has 256 valence electrons. The van der Waals surface area contributed by atoms with E-state index in [0.29, 0.717) is 17.5 Å². The molecular formula is C51H31N3S. The highest BCUT2D eigenvalue weighted by Gasteiger charge is 2.16. The molecular weight excluding hydrogens is 687 g/mol. The van der Waals surface area contributed by atoms with Crippen LogP contribution < -0.4 is 0 Å². The molecule has 0 radical (unpaired) electrons. The molecule has 3 nitrogen and oxygen atoms in total. The average molecular weight is 718 g/mol. The normalized spacial score (nSPS) is 11.6. The number of aromatic nitrogens is 3. The van der Waals surface area contributed by atoms with Gasteiger partial charge in [-0.2, -0.15) is 0 Å². The summed E-state index contributed by atoms with van der Waals surface area (Å²) in [7, 11) is 0. The summed E-state index contributed by atoms with van der Waals surface area (Å²) in [6, 6.07) is 66.9. The van der Waals surface area contributed by atoms with E-state index in [0.717, 1.165) is 33.4 Å². The molecule has 11 rings (SSSR count). The predicted molar refractivity (Wildman–Crippen MR) is 232 cm³/mol. The molecule has 0 N–H and O–H groups in total. The van der Waals surface area contributed by atoms with E-state index >= 15 is 0 Å². The van der Waals surface area contributed by atoms with E-state index in [4.69, 9.17) is 15.0 Å². The Hall–Kier alpha value is -7.01. The van der Waals surface area contributed by atoms with Gasteiger partial charge in [-0.25, -0.2) is 15.0 Å².